The minimum atomic E-state index is -0.746. The van der Waals surface area contributed by atoms with Gasteiger partial charge >= 0.3 is 0 Å². The van der Waals surface area contributed by atoms with Crippen molar-refractivity contribution in [3.8, 4) is 0 Å². The summed E-state index contributed by atoms with van der Waals surface area (Å²) in [6, 6.07) is 5.92. The molecule has 0 aliphatic carbocycles. The Morgan fingerprint density at radius 1 is 1.40 bits per heavy atom. The third-order valence-corrected chi connectivity index (χ3v) is 2.34. The molecule has 82 valence electrons. The van der Waals surface area contributed by atoms with Crippen molar-refractivity contribution in [2.75, 3.05) is 13.2 Å². The van der Waals surface area contributed by atoms with Gasteiger partial charge in [0.05, 0.1) is 19.3 Å². The van der Waals surface area contributed by atoms with Gasteiger partial charge in [-0.25, -0.2) is 4.39 Å². The Bertz CT molecular complexity index is 323. The third-order valence-electron chi connectivity index (χ3n) is 2.34. The number of halogens is 1. The van der Waals surface area contributed by atoms with Crippen molar-refractivity contribution in [3.05, 3.63) is 35.6 Å². The summed E-state index contributed by atoms with van der Waals surface area (Å²) in [5.41, 5.74) is 0.550. The predicted octanol–water partition coefficient (Wildman–Crippen LogP) is 1.62. The Morgan fingerprint density at radius 2 is 2.13 bits per heavy atom. The molecule has 1 atom stereocenters. The molecule has 1 saturated heterocycles. The second-order valence-corrected chi connectivity index (χ2v) is 3.48. The standard InChI is InChI=1S/C11H13FO3/c12-9-3-1-2-8(6-9)10(13)7-11-14-4-5-15-11/h1-3,6,10-11,13H,4-5,7H2. The van der Waals surface area contributed by atoms with E-state index in [0.717, 1.165) is 0 Å². The fourth-order valence-corrected chi connectivity index (χ4v) is 1.58. The second-order valence-electron chi connectivity index (χ2n) is 3.48. The van der Waals surface area contributed by atoms with Gasteiger partial charge in [-0.3, -0.25) is 0 Å². The zero-order valence-corrected chi connectivity index (χ0v) is 8.23. The van der Waals surface area contributed by atoms with Crippen LogP contribution in [0.1, 0.15) is 18.1 Å². The molecule has 0 bridgehead atoms. The van der Waals surface area contributed by atoms with E-state index in [-0.39, 0.29) is 12.1 Å². The molecule has 2 rings (SSSR count). The average Bonchev–Trinajstić information content (AvgIpc) is 2.70. The Morgan fingerprint density at radius 3 is 2.80 bits per heavy atom. The van der Waals surface area contributed by atoms with Crippen molar-refractivity contribution in [1.82, 2.24) is 0 Å². The molecular weight excluding hydrogens is 199 g/mol. The monoisotopic (exact) mass is 212 g/mol. The first-order chi connectivity index (χ1) is 7.25. The van der Waals surface area contributed by atoms with Crippen LogP contribution >= 0.6 is 0 Å². The van der Waals surface area contributed by atoms with E-state index in [0.29, 0.717) is 25.2 Å². The van der Waals surface area contributed by atoms with Crippen molar-refractivity contribution < 1.29 is 19.0 Å². The number of aliphatic hydroxyl groups excluding tert-OH is 1. The first-order valence-corrected chi connectivity index (χ1v) is 4.92. The van der Waals surface area contributed by atoms with Crippen LogP contribution in [-0.4, -0.2) is 24.6 Å². The van der Waals surface area contributed by atoms with Crippen molar-refractivity contribution in [3.63, 3.8) is 0 Å². The zero-order chi connectivity index (χ0) is 10.7. The van der Waals surface area contributed by atoms with Gasteiger partial charge in [0.1, 0.15) is 5.82 Å². The molecule has 4 heteroatoms. The van der Waals surface area contributed by atoms with Gasteiger partial charge in [-0.2, -0.15) is 0 Å². The van der Waals surface area contributed by atoms with Crippen LogP contribution in [-0.2, 0) is 9.47 Å². The molecule has 1 aliphatic heterocycles. The highest BCUT2D eigenvalue weighted by atomic mass is 19.1. The Balaban J connectivity index is 1.97. The Kier molecular flexibility index (Phi) is 3.30. The van der Waals surface area contributed by atoms with Gasteiger partial charge in [-0.05, 0) is 17.7 Å². The molecule has 0 spiro atoms. The number of hydrogen-bond acceptors (Lipinski definition) is 3. The summed E-state index contributed by atoms with van der Waals surface area (Å²) in [5.74, 6) is -0.347. The normalized spacial score (nSPS) is 19.3. The molecule has 0 amide bonds. The van der Waals surface area contributed by atoms with Crippen LogP contribution < -0.4 is 0 Å². The highest BCUT2D eigenvalue weighted by Gasteiger charge is 2.21. The highest BCUT2D eigenvalue weighted by molar-refractivity contribution is 5.18. The third kappa shape index (κ3) is 2.75. The maximum Gasteiger partial charge on any atom is 0.160 e. The van der Waals surface area contributed by atoms with E-state index in [1.165, 1.54) is 12.1 Å². The fraction of sp³-hybridized carbons (Fsp3) is 0.455. The number of hydrogen-bond donors (Lipinski definition) is 1. The van der Waals surface area contributed by atoms with Crippen molar-refractivity contribution >= 4 is 0 Å². The SMILES string of the molecule is OC(CC1OCCO1)c1cccc(F)c1. The summed E-state index contributed by atoms with van der Waals surface area (Å²) in [7, 11) is 0. The number of aliphatic hydroxyl groups is 1. The lowest BCUT2D eigenvalue weighted by Gasteiger charge is -2.14. The largest absolute Gasteiger partial charge is 0.388 e. The van der Waals surface area contributed by atoms with Gasteiger partial charge in [0.2, 0.25) is 0 Å². The van der Waals surface area contributed by atoms with Crippen LogP contribution in [0.25, 0.3) is 0 Å². The van der Waals surface area contributed by atoms with Crippen LogP contribution in [0.3, 0.4) is 0 Å². The van der Waals surface area contributed by atoms with E-state index in [4.69, 9.17) is 9.47 Å². The molecule has 15 heavy (non-hydrogen) atoms. The fourth-order valence-electron chi connectivity index (χ4n) is 1.58. The Hall–Kier alpha value is -0.970. The summed E-state index contributed by atoms with van der Waals surface area (Å²) < 4.78 is 23.3. The summed E-state index contributed by atoms with van der Waals surface area (Å²) >= 11 is 0. The quantitative estimate of drug-likeness (QED) is 0.827. The van der Waals surface area contributed by atoms with Gasteiger partial charge in [-0.15, -0.1) is 0 Å². The maximum atomic E-state index is 12.9. The molecule has 3 nitrogen and oxygen atoms in total. The van der Waals surface area contributed by atoms with Crippen molar-refractivity contribution in [2.24, 2.45) is 0 Å². The Labute approximate surface area is 87.4 Å². The van der Waals surface area contributed by atoms with E-state index in [9.17, 15) is 9.50 Å². The molecule has 0 radical (unpaired) electrons. The minimum absolute atomic E-state index is 0.337. The van der Waals surface area contributed by atoms with Crippen LogP contribution in [0.15, 0.2) is 24.3 Å². The molecule has 1 aromatic rings. The molecule has 1 aliphatic rings. The highest BCUT2D eigenvalue weighted by Crippen LogP contribution is 2.22. The second kappa shape index (κ2) is 4.70. The summed E-state index contributed by atoms with van der Waals surface area (Å²) in [5, 5.41) is 9.78. The van der Waals surface area contributed by atoms with Crippen LogP contribution in [0.5, 0.6) is 0 Å². The molecule has 0 aromatic heterocycles. The average molecular weight is 212 g/mol. The van der Waals surface area contributed by atoms with E-state index in [1.807, 2.05) is 0 Å². The van der Waals surface area contributed by atoms with Crippen LogP contribution in [0.4, 0.5) is 4.39 Å². The number of benzene rings is 1. The molecule has 0 saturated carbocycles. The van der Waals surface area contributed by atoms with Gasteiger partial charge in [0.15, 0.2) is 6.29 Å². The summed E-state index contributed by atoms with van der Waals surface area (Å²) in [6.07, 6.45) is -0.782. The maximum absolute atomic E-state index is 12.9. The van der Waals surface area contributed by atoms with Gasteiger partial charge in [0, 0.05) is 6.42 Å². The van der Waals surface area contributed by atoms with E-state index in [2.05, 4.69) is 0 Å². The molecule has 1 unspecified atom stereocenters. The predicted molar refractivity (Wildman–Crippen MR) is 51.7 cm³/mol. The van der Waals surface area contributed by atoms with Gasteiger partial charge in [0.25, 0.3) is 0 Å². The van der Waals surface area contributed by atoms with Crippen LogP contribution in [0.2, 0.25) is 0 Å². The van der Waals surface area contributed by atoms with Gasteiger partial charge in [-0.1, -0.05) is 12.1 Å². The topological polar surface area (TPSA) is 38.7 Å². The molecule has 1 aromatic carbocycles. The zero-order valence-electron chi connectivity index (χ0n) is 8.23. The van der Waals surface area contributed by atoms with Gasteiger partial charge < -0.3 is 14.6 Å². The first kappa shape index (κ1) is 10.5. The lowest BCUT2D eigenvalue weighted by molar-refractivity contribution is -0.0708. The lowest BCUT2D eigenvalue weighted by atomic mass is 10.1. The van der Waals surface area contributed by atoms with E-state index < -0.39 is 6.10 Å². The minimum Gasteiger partial charge on any atom is -0.388 e. The summed E-state index contributed by atoms with van der Waals surface area (Å²) in [6.45, 7) is 1.11. The molecular formula is C11H13FO3. The smallest absolute Gasteiger partial charge is 0.160 e. The summed E-state index contributed by atoms with van der Waals surface area (Å²) in [4.78, 5) is 0. The van der Waals surface area contributed by atoms with Crippen LogP contribution in [0, 0.1) is 5.82 Å². The lowest BCUT2D eigenvalue weighted by Crippen LogP contribution is -2.13. The van der Waals surface area contributed by atoms with E-state index in [1.54, 1.807) is 12.1 Å². The van der Waals surface area contributed by atoms with E-state index >= 15 is 0 Å². The molecule has 1 fully saturated rings. The number of rotatable bonds is 3. The molecule has 1 heterocycles. The van der Waals surface area contributed by atoms with Crippen molar-refractivity contribution in [2.45, 2.75) is 18.8 Å². The first-order valence-electron chi connectivity index (χ1n) is 4.92. The number of ether oxygens (including phenoxy) is 2. The van der Waals surface area contributed by atoms with Crippen molar-refractivity contribution in [1.29, 1.82) is 0 Å². The molecule has 1 N–H and O–H groups in total.